The summed E-state index contributed by atoms with van der Waals surface area (Å²) in [5.41, 5.74) is -0.565. The molecular formula is C20H43N2O4+. The fourth-order valence-electron chi connectivity index (χ4n) is 2.28. The molecule has 0 aliphatic heterocycles. The monoisotopic (exact) mass is 375 g/mol. The second kappa shape index (κ2) is 12.5. The van der Waals surface area contributed by atoms with Crippen LogP contribution in [0.25, 0.3) is 0 Å². The molecule has 0 bridgehead atoms. The SMILES string of the molecule is CCCCCCCCCN(C(=O)OC(C)(C)CC)C(O)O[N+](C)(C)CC. The number of nitrogens with zero attached hydrogens (tertiary/aromatic N) is 2. The van der Waals surface area contributed by atoms with Crippen LogP contribution in [0.15, 0.2) is 0 Å². The quantitative estimate of drug-likeness (QED) is 0.207. The fourth-order valence-corrected chi connectivity index (χ4v) is 2.28. The zero-order valence-corrected chi connectivity index (χ0v) is 18.2. The molecule has 0 saturated carbocycles. The molecule has 0 aromatic carbocycles. The average Bonchev–Trinajstić information content (AvgIpc) is 2.56. The summed E-state index contributed by atoms with van der Waals surface area (Å²) in [6, 6.07) is 0. The van der Waals surface area contributed by atoms with Crippen molar-refractivity contribution in [3.05, 3.63) is 0 Å². The van der Waals surface area contributed by atoms with Crippen LogP contribution in [-0.4, -0.2) is 59.9 Å². The largest absolute Gasteiger partial charge is 0.443 e. The predicted octanol–water partition coefficient (Wildman–Crippen LogP) is 4.67. The van der Waals surface area contributed by atoms with Gasteiger partial charge in [-0.15, -0.1) is 4.84 Å². The van der Waals surface area contributed by atoms with Crippen LogP contribution in [-0.2, 0) is 9.57 Å². The van der Waals surface area contributed by atoms with Gasteiger partial charge in [0.25, 0.3) is 6.41 Å². The third-order valence-corrected chi connectivity index (χ3v) is 4.86. The van der Waals surface area contributed by atoms with E-state index < -0.39 is 18.1 Å². The molecule has 0 aliphatic carbocycles. The number of amides is 1. The zero-order chi connectivity index (χ0) is 20.2. The van der Waals surface area contributed by atoms with Gasteiger partial charge >= 0.3 is 6.09 Å². The molecule has 1 atom stereocenters. The molecule has 0 spiro atoms. The lowest BCUT2D eigenvalue weighted by atomic mass is 10.1. The van der Waals surface area contributed by atoms with E-state index in [1.807, 2.05) is 41.8 Å². The summed E-state index contributed by atoms with van der Waals surface area (Å²) in [5, 5.41) is 10.5. The second-order valence-corrected chi connectivity index (χ2v) is 8.12. The smallest absolute Gasteiger partial charge is 0.414 e. The van der Waals surface area contributed by atoms with Gasteiger partial charge in [-0.25, -0.2) is 4.79 Å². The molecule has 1 amide bonds. The Kier molecular flexibility index (Phi) is 12.1. The minimum Gasteiger partial charge on any atom is -0.443 e. The van der Waals surface area contributed by atoms with Crippen LogP contribution in [0.5, 0.6) is 0 Å². The minimum absolute atomic E-state index is 0.166. The van der Waals surface area contributed by atoms with Gasteiger partial charge in [-0.05, 0) is 33.6 Å². The van der Waals surface area contributed by atoms with E-state index in [1.54, 1.807) is 0 Å². The van der Waals surface area contributed by atoms with Crippen LogP contribution >= 0.6 is 0 Å². The number of hydrogen-bond acceptors (Lipinski definition) is 4. The molecular weight excluding hydrogens is 332 g/mol. The molecule has 1 unspecified atom stereocenters. The first kappa shape index (κ1) is 25.1. The van der Waals surface area contributed by atoms with Crippen molar-refractivity contribution >= 4 is 6.09 Å². The summed E-state index contributed by atoms with van der Waals surface area (Å²) in [4.78, 5) is 19.5. The van der Waals surface area contributed by atoms with E-state index >= 15 is 0 Å². The van der Waals surface area contributed by atoms with Crippen LogP contribution < -0.4 is 0 Å². The van der Waals surface area contributed by atoms with Crippen molar-refractivity contribution in [2.45, 2.75) is 98.0 Å². The Morgan fingerprint density at radius 3 is 2.08 bits per heavy atom. The van der Waals surface area contributed by atoms with E-state index in [4.69, 9.17) is 9.57 Å². The van der Waals surface area contributed by atoms with E-state index in [-0.39, 0.29) is 4.65 Å². The normalized spacial score (nSPS) is 13.5. The maximum absolute atomic E-state index is 12.6. The van der Waals surface area contributed by atoms with E-state index in [0.29, 0.717) is 19.5 Å². The van der Waals surface area contributed by atoms with Crippen molar-refractivity contribution < 1.29 is 24.1 Å². The van der Waals surface area contributed by atoms with Gasteiger partial charge < -0.3 is 9.84 Å². The number of carbonyl (C=O) groups is 1. The molecule has 0 aromatic heterocycles. The van der Waals surface area contributed by atoms with Crippen LogP contribution in [0.4, 0.5) is 4.79 Å². The first-order valence-electron chi connectivity index (χ1n) is 10.3. The topological polar surface area (TPSA) is 59.0 Å². The minimum atomic E-state index is -1.31. The van der Waals surface area contributed by atoms with Gasteiger partial charge in [0, 0.05) is 6.54 Å². The number of aliphatic hydroxyl groups is 1. The van der Waals surface area contributed by atoms with Gasteiger partial charge in [0.2, 0.25) is 0 Å². The highest BCUT2D eigenvalue weighted by atomic mass is 16.8. The molecule has 156 valence electrons. The van der Waals surface area contributed by atoms with Gasteiger partial charge in [-0.2, -0.15) is 4.65 Å². The van der Waals surface area contributed by atoms with Gasteiger partial charge in [0.1, 0.15) is 12.1 Å². The number of ether oxygens (including phenoxy) is 1. The van der Waals surface area contributed by atoms with E-state index in [9.17, 15) is 9.90 Å². The van der Waals surface area contributed by atoms with Crippen molar-refractivity contribution in [1.29, 1.82) is 0 Å². The molecule has 0 rings (SSSR count). The Hall–Kier alpha value is -0.850. The number of rotatable bonds is 14. The second-order valence-electron chi connectivity index (χ2n) is 8.12. The Balaban J connectivity index is 4.70. The van der Waals surface area contributed by atoms with Crippen molar-refractivity contribution in [2.75, 3.05) is 27.2 Å². The van der Waals surface area contributed by atoms with Crippen molar-refractivity contribution in [2.24, 2.45) is 0 Å². The number of hydroxylamine groups is 3. The lowest BCUT2D eigenvalue weighted by Gasteiger charge is -2.34. The highest BCUT2D eigenvalue weighted by Gasteiger charge is 2.32. The van der Waals surface area contributed by atoms with Gasteiger partial charge in [-0.3, -0.25) is 4.90 Å². The third-order valence-electron chi connectivity index (χ3n) is 4.86. The number of aliphatic hydroxyl groups excluding tert-OH is 1. The molecule has 0 fully saturated rings. The number of hydrogen-bond donors (Lipinski definition) is 1. The van der Waals surface area contributed by atoms with E-state index in [2.05, 4.69) is 6.92 Å². The Morgan fingerprint density at radius 2 is 1.58 bits per heavy atom. The van der Waals surface area contributed by atoms with Crippen LogP contribution in [0.2, 0.25) is 0 Å². The van der Waals surface area contributed by atoms with Crippen molar-refractivity contribution in [1.82, 2.24) is 4.90 Å². The summed E-state index contributed by atoms with van der Waals surface area (Å²) in [5.74, 6) is 0. The predicted molar refractivity (Wildman–Crippen MR) is 105 cm³/mol. The first-order chi connectivity index (χ1) is 12.1. The maximum Gasteiger partial charge on any atom is 0.414 e. The molecule has 0 aliphatic rings. The van der Waals surface area contributed by atoms with Gasteiger partial charge in [0.05, 0.1) is 14.1 Å². The Bertz CT molecular complexity index is 386. The molecule has 6 nitrogen and oxygen atoms in total. The Morgan fingerprint density at radius 1 is 1.04 bits per heavy atom. The molecule has 0 saturated heterocycles. The fraction of sp³-hybridized carbons (Fsp3) is 0.950. The standard InChI is InChI=1S/C20H43N2O4/c1-8-11-12-13-14-15-16-17-21(18(23)25-20(4,5)9-2)19(24)26-22(6,7)10-3/h19,24H,8-17H2,1-7H3/q+1. The summed E-state index contributed by atoms with van der Waals surface area (Å²) >= 11 is 0. The van der Waals surface area contributed by atoms with Crippen molar-refractivity contribution in [3.63, 3.8) is 0 Å². The molecule has 6 heteroatoms. The van der Waals surface area contributed by atoms with E-state index in [1.165, 1.54) is 30.6 Å². The summed E-state index contributed by atoms with van der Waals surface area (Å²) in [6.07, 6.45) is 6.88. The lowest BCUT2D eigenvalue weighted by molar-refractivity contribution is -1.09. The van der Waals surface area contributed by atoms with Gasteiger partial charge in [0.15, 0.2) is 0 Å². The molecule has 0 radical (unpaired) electrons. The molecule has 0 aromatic rings. The summed E-state index contributed by atoms with van der Waals surface area (Å²) in [7, 11) is 3.69. The average molecular weight is 376 g/mol. The van der Waals surface area contributed by atoms with Crippen molar-refractivity contribution in [3.8, 4) is 0 Å². The summed E-state index contributed by atoms with van der Waals surface area (Å²) in [6.45, 7) is 11.0. The number of carbonyl (C=O) groups excluding carboxylic acids is 1. The highest BCUT2D eigenvalue weighted by molar-refractivity contribution is 5.68. The Labute approximate surface area is 161 Å². The summed E-state index contributed by atoms with van der Waals surface area (Å²) < 4.78 is 5.73. The first-order valence-corrected chi connectivity index (χ1v) is 10.3. The van der Waals surface area contributed by atoms with Crippen LogP contribution in [0.3, 0.4) is 0 Å². The van der Waals surface area contributed by atoms with Crippen LogP contribution in [0.1, 0.15) is 86.0 Å². The highest BCUT2D eigenvalue weighted by Crippen LogP contribution is 2.18. The molecule has 1 N–H and O–H groups in total. The molecule has 0 heterocycles. The third kappa shape index (κ3) is 11.0. The van der Waals surface area contributed by atoms with E-state index in [0.717, 1.165) is 19.3 Å². The molecule has 26 heavy (non-hydrogen) atoms. The maximum atomic E-state index is 12.6. The number of unbranched alkanes of at least 4 members (excludes halogenated alkanes) is 6. The zero-order valence-electron chi connectivity index (χ0n) is 18.2. The lowest BCUT2D eigenvalue weighted by Crippen LogP contribution is -2.52. The van der Waals surface area contributed by atoms with Gasteiger partial charge in [-0.1, -0.05) is 52.4 Å². The van der Waals surface area contributed by atoms with Crippen LogP contribution in [0, 0.1) is 0 Å². The number of quaternary nitrogens is 1.